The highest BCUT2D eigenvalue weighted by Crippen LogP contribution is 2.36. The molecule has 2 rings (SSSR count). The van der Waals surface area contributed by atoms with Gasteiger partial charge in [-0.3, -0.25) is 0 Å². The van der Waals surface area contributed by atoms with Gasteiger partial charge in [-0.25, -0.2) is 0 Å². The molecule has 1 N–H and O–H groups in total. The number of ether oxygens (including phenoxy) is 1. The van der Waals surface area contributed by atoms with E-state index >= 15 is 0 Å². The van der Waals surface area contributed by atoms with E-state index in [1.807, 2.05) is 0 Å². The fourth-order valence-corrected chi connectivity index (χ4v) is 3.82. The molecule has 0 aliphatic carbocycles. The fraction of sp³-hybridized carbons (Fsp3) is 1.00. The van der Waals surface area contributed by atoms with Gasteiger partial charge in [-0.1, -0.05) is 20.8 Å². The van der Waals surface area contributed by atoms with Crippen LogP contribution in [-0.2, 0) is 4.74 Å². The number of rotatable bonds is 3. The second-order valence-electron chi connectivity index (χ2n) is 8.04. The van der Waals surface area contributed by atoms with Crippen LogP contribution in [0.5, 0.6) is 0 Å². The minimum absolute atomic E-state index is 0.0970. The fourth-order valence-electron chi connectivity index (χ4n) is 3.82. The summed E-state index contributed by atoms with van der Waals surface area (Å²) in [5.41, 5.74) is 0.531. The van der Waals surface area contributed by atoms with Crippen LogP contribution in [-0.4, -0.2) is 49.5 Å². The molecular weight excluding hydrogens is 250 g/mol. The van der Waals surface area contributed by atoms with E-state index in [4.69, 9.17) is 4.74 Å². The van der Waals surface area contributed by atoms with Crippen molar-refractivity contribution in [3.05, 3.63) is 0 Å². The van der Waals surface area contributed by atoms with Gasteiger partial charge in [0.2, 0.25) is 0 Å². The summed E-state index contributed by atoms with van der Waals surface area (Å²) < 4.78 is 5.47. The lowest BCUT2D eigenvalue weighted by Gasteiger charge is -2.39. The van der Waals surface area contributed by atoms with E-state index in [0.717, 1.165) is 38.5 Å². The Morgan fingerprint density at radius 2 is 1.85 bits per heavy atom. The van der Waals surface area contributed by atoms with Gasteiger partial charge in [0, 0.05) is 25.2 Å². The summed E-state index contributed by atoms with van der Waals surface area (Å²) in [6, 6.07) is 0. The normalized spacial score (nSPS) is 29.1. The number of aliphatic hydroxyl groups excluding tert-OH is 1. The van der Waals surface area contributed by atoms with E-state index in [-0.39, 0.29) is 5.41 Å². The molecule has 2 fully saturated rings. The maximum absolute atomic E-state index is 9.84. The smallest absolute Gasteiger partial charge is 0.0501 e. The molecule has 20 heavy (non-hydrogen) atoms. The Labute approximate surface area is 124 Å². The topological polar surface area (TPSA) is 32.7 Å². The van der Waals surface area contributed by atoms with E-state index in [1.54, 1.807) is 0 Å². The van der Waals surface area contributed by atoms with Crippen LogP contribution in [0.3, 0.4) is 0 Å². The van der Waals surface area contributed by atoms with Crippen molar-refractivity contribution in [1.82, 2.24) is 4.90 Å². The molecule has 0 aromatic carbocycles. The number of likely N-dealkylation sites (tertiary alicyclic amines) is 1. The number of aliphatic hydroxyl groups is 1. The highest BCUT2D eigenvalue weighted by Gasteiger charge is 2.35. The van der Waals surface area contributed by atoms with Crippen molar-refractivity contribution in [1.29, 1.82) is 0 Å². The Hall–Kier alpha value is -0.120. The molecule has 118 valence electrons. The van der Waals surface area contributed by atoms with E-state index in [2.05, 4.69) is 25.7 Å². The molecule has 0 saturated carbocycles. The molecule has 0 aromatic heterocycles. The summed E-state index contributed by atoms with van der Waals surface area (Å²) >= 11 is 0. The van der Waals surface area contributed by atoms with Crippen molar-refractivity contribution >= 4 is 0 Å². The Morgan fingerprint density at radius 1 is 1.15 bits per heavy atom. The molecule has 0 aromatic rings. The molecule has 0 spiro atoms. The van der Waals surface area contributed by atoms with E-state index < -0.39 is 0 Å². The molecule has 0 amide bonds. The van der Waals surface area contributed by atoms with Gasteiger partial charge in [0.25, 0.3) is 0 Å². The van der Waals surface area contributed by atoms with Gasteiger partial charge in [-0.05, 0) is 56.5 Å². The highest BCUT2D eigenvalue weighted by atomic mass is 16.5. The first-order valence-electron chi connectivity index (χ1n) is 8.36. The second-order valence-corrected chi connectivity index (χ2v) is 8.04. The molecule has 2 aliphatic rings. The van der Waals surface area contributed by atoms with Gasteiger partial charge in [0.1, 0.15) is 0 Å². The van der Waals surface area contributed by atoms with Crippen molar-refractivity contribution in [3.8, 4) is 0 Å². The third-order valence-electron chi connectivity index (χ3n) is 5.49. The van der Waals surface area contributed by atoms with Crippen molar-refractivity contribution in [2.45, 2.75) is 52.9 Å². The summed E-state index contributed by atoms with van der Waals surface area (Å²) in [7, 11) is 0. The summed E-state index contributed by atoms with van der Waals surface area (Å²) in [5, 5.41) is 9.84. The largest absolute Gasteiger partial charge is 0.396 e. The predicted octanol–water partition coefficient (Wildman–Crippen LogP) is 2.92. The van der Waals surface area contributed by atoms with Crippen molar-refractivity contribution in [2.75, 3.05) is 39.5 Å². The van der Waals surface area contributed by atoms with Crippen LogP contribution < -0.4 is 0 Å². The Kier molecular flexibility index (Phi) is 5.49. The van der Waals surface area contributed by atoms with E-state index in [0.29, 0.717) is 12.0 Å². The average Bonchev–Trinajstić information content (AvgIpc) is 2.65. The first kappa shape index (κ1) is 16.3. The molecule has 0 radical (unpaired) electrons. The zero-order valence-corrected chi connectivity index (χ0v) is 13.7. The minimum atomic E-state index is 0.0970. The summed E-state index contributed by atoms with van der Waals surface area (Å²) in [6.45, 7) is 12.5. The van der Waals surface area contributed by atoms with Crippen LogP contribution in [0, 0.1) is 16.7 Å². The standard InChI is InChI=1S/C17H33NO2/c1-16(2,3)15-5-4-9-18(10-6-15)13-17(14-19)7-11-20-12-8-17/h15,19H,4-14H2,1-3H3. The van der Waals surface area contributed by atoms with Crippen molar-refractivity contribution in [3.63, 3.8) is 0 Å². The first-order chi connectivity index (χ1) is 9.45. The van der Waals surface area contributed by atoms with Gasteiger partial charge in [-0.15, -0.1) is 0 Å². The predicted molar refractivity (Wildman–Crippen MR) is 82.8 cm³/mol. The van der Waals surface area contributed by atoms with Gasteiger partial charge in [-0.2, -0.15) is 0 Å². The Bertz CT molecular complexity index is 292. The lowest BCUT2D eigenvalue weighted by molar-refractivity contribution is -0.0340. The number of nitrogens with zero attached hydrogens (tertiary/aromatic N) is 1. The monoisotopic (exact) mass is 283 g/mol. The van der Waals surface area contributed by atoms with Crippen LogP contribution in [0.4, 0.5) is 0 Å². The summed E-state index contributed by atoms with van der Waals surface area (Å²) in [4.78, 5) is 2.60. The number of hydrogen-bond acceptors (Lipinski definition) is 3. The van der Waals surface area contributed by atoms with E-state index in [1.165, 1.54) is 32.4 Å². The molecular formula is C17H33NO2. The maximum atomic E-state index is 9.84. The summed E-state index contributed by atoms with van der Waals surface area (Å²) in [6.07, 6.45) is 6.00. The average molecular weight is 283 g/mol. The second kappa shape index (κ2) is 6.76. The van der Waals surface area contributed by atoms with Crippen LogP contribution in [0.1, 0.15) is 52.9 Å². The van der Waals surface area contributed by atoms with Gasteiger partial charge in [0.15, 0.2) is 0 Å². The quantitative estimate of drug-likeness (QED) is 0.864. The molecule has 1 unspecified atom stereocenters. The first-order valence-corrected chi connectivity index (χ1v) is 8.36. The Balaban J connectivity index is 1.90. The number of hydrogen-bond donors (Lipinski definition) is 1. The lowest BCUT2D eigenvalue weighted by Crippen LogP contribution is -2.44. The molecule has 3 heteroatoms. The van der Waals surface area contributed by atoms with Crippen molar-refractivity contribution < 1.29 is 9.84 Å². The lowest BCUT2D eigenvalue weighted by atomic mass is 9.76. The van der Waals surface area contributed by atoms with Gasteiger partial charge < -0.3 is 14.7 Å². The van der Waals surface area contributed by atoms with Crippen LogP contribution in [0.15, 0.2) is 0 Å². The molecule has 2 heterocycles. The summed E-state index contributed by atoms with van der Waals surface area (Å²) in [5.74, 6) is 0.840. The minimum Gasteiger partial charge on any atom is -0.396 e. The molecule has 2 saturated heterocycles. The molecule has 1 atom stereocenters. The van der Waals surface area contributed by atoms with Gasteiger partial charge in [0.05, 0.1) is 6.61 Å². The van der Waals surface area contributed by atoms with Crippen molar-refractivity contribution in [2.24, 2.45) is 16.7 Å². The molecule has 3 nitrogen and oxygen atoms in total. The zero-order chi connectivity index (χ0) is 14.6. The zero-order valence-electron chi connectivity index (χ0n) is 13.7. The molecule has 0 bridgehead atoms. The van der Waals surface area contributed by atoms with Gasteiger partial charge >= 0.3 is 0 Å². The highest BCUT2D eigenvalue weighted by molar-refractivity contribution is 4.86. The maximum Gasteiger partial charge on any atom is 0.0501 e. The van der Waals surface area contributed by atoms with Crippen LogP contribution >= 0.6 is 0 Å². The Morgan fingerprint density at radius 3 is 2.45 bits per heavy atom. The third kappa shape index (κ3) is 4.19. The third-order valence-corrected chi connectivity index (χ3v) is 5.49. The molecule has 2 aliphatic heterocycles. The SMILES string of the molecule is CC(C)(C)C1CCCN(CC2(CO)CCOCC2)CC1. The van der Waals surface area contributed by atoms with E-state index in [9.17, 15) is 5.11 Å². The van der Waals surface area contributed by atoms with Crippen LogP contribution in [0.25, 0.3) is 0 Å². The van der Waals surface area contributed by atoms with Crippen LogP contribution in [0.2, 0.25) is 0 Å².